The first-order valence-corrected chi connectivity index (χ1v) is 5.71. The highest BCUT2D eigenvalue weighted by Gasteiger charge is 2.22. The standard InChI is InChI=1S/C13H20O3/c1-4-15-10(3)13(16-5-2)11-8-6-7-9-12(11)14/h6-10,13-14H,4-5H2,1-3H3/t10-,13+/m0/s1. The van der Waals surface area contributed by atoms with E-state index in [9.17, 15) is 5.11 Å². The van der Waals surface area contributed by atoms with E-state index in [1.165, 1.54) is 0 Å². The van der Waals surface area contributed by atoms with E-state index in [0.717, 1.165) is 5.56 Å². The number of rotatable bonds is 6. The van der Waals surface area contributed by atoms with E-state index in [1.807, 2.05) is 32.9 Å². The molecule has 0 amide bonds. The van der Waals surface area contributed by atoms with Crippen molar-refractivity contribution in [3.05, 3.63) is 29.8 Å². The molecule has 3 nitrogen and oxygen atoms in total. The number of aromatic hydroxyl groups is 1. The fourth-order valence-corrected chi connectivity index (χ4v) is 1.74. The highest BCUT2D eigenvalue weighted by Crippen LogP contribution is 2.30. The first-order chi connectivity index (χ1) is 7.70. The molecule has 0 spiro atoms. The van der Waals surface area contributed by atoms with Gasteiger partial charge in [-0.25, -0.2) is 0 Å². The summed E-state index contributed by atoms with van der Waals surface area (Å²) in [6.07, 6.45) is -0.288. The van der Waals surface area contributed by atoms with Gasteiger partial charge in [0, 0.05) is 18.8 Å². The van der Waals surface area contributed by atoms with Crippen molar-refractivity contribution in [2.45, 2.75) is 33.0 Å². The van der Waals surface area contributed by atoms with E-state index in [0.29, 0.717) is 13.2 Å². The third kappa shape index (κ3) is 3.22. The maximum absolute atomic E-state index is 9.79. The molecule has 2 atom stereocenters. The normalized spacial score (nSPS) is 14.7. The lowest BCUT2D eigenvalue weighted by molar-refractivity contribution is -0.0610. The van der Waals surface area contributed by atoms with Crippen molar-refractivity contribution in [3.63, 3.8) is 0 Å². The molecule has 0 radical (unpaired) electrons. The molecule has 0 unspecified atom stereocenters. The fourth-order valence-electron chi connectivity index (χ4n) is 1.74. The Kier molecular flexibility index (Phi) is 5.29. The van der Waals surface area contributed by atoms with Crippen LogP contribution in [-0.4, -0.2) is 24.4 Å². The van der Waals surface area contributed by atoms with Crippen molar-refractivity contribution >= 4 is 0 Å². The van der Waals surface area contributed by atoms with E-state index in [1.54, 1.807) is 12.1 Å². The monoisotopic (exact) mass is 224 g/mol. The lowest BCUT2D eigenvalue weighted by atomic mass is 10.0. The second-order valence-corrected chi connectivity index (χ2v) is 3.60. The van der Waals surface area contributed by atoms with Crippen LogP contribution in [0.1, 0.15) is 32.4 Å². The van der Waals surface area contributed by atoms with Crippen molar-refractivity contribution in [1.29, 1.82) is 0 Å². The first kappa shape index (κ1) is 13.0. The molecule has 0 bridgehead atoms. The van der Waals surface area contributed by atoms with E-state index < -0.39 is 0 Å². The Hall–Kier alpha value is -1.06. The summed E-state index contributed by atoms with van der Waals surface area (Å²) in [6.45, 7) is 7.07. The minimum atomic E-state index is -0.217. The van der Waals surface area contributed by atoms with Crippen LogP contribution in [0.5, 0.6) is 5.75 Å². The molecular weight excluding hydrogens is 204 g/mol. The molecule has 0 aliphatic rings. The number of phenolic OH excluding ortho intramolecular Hbond substituents is 1. The molecule has 1 aromatic carbocycles. The van der Waals surface area contributed by atoms with Crippen LogP contribution < -0.4 is 0 Å². The van der Waals surface area contributed by atoms with Gasteiger partial charge in [-0.2, -0.15) is 0 Å². The van der Waals surface area contributed by atoms with Crippen molar-refractivity contribution in [2.75, 3.05) is 13.2 Å². The van der Waals surface area contributed by atoms with Crippen LogP contribution in [0.2, 0.25) is 0 Å². The maximum Gasteiger partial charge on any atom is 0.121 e. The third-order valence-electron chi connectivity index (χ3n) is 2.45. The number of para-hydroxylation sites is 1. The zero-order chi connectivity index (χ0) is 12.0. The van der Waals surface area contributed by atoms with Gasteiger partial charge in [-0.1, -0.05) is 18.2 Å². The van der Waals surface area contributed by atoms with Crippen LogP contribution >= 0.6 is 0 Å². The van der Waals surface area contributed by atoms with Crippen LogP contribution in [0.25, 0.3) is 0 Å². The van der Waals surface area contributed by atoms with Gasteiger partial charge in [-0.05, 0) is 26.8 Å². The van der Waals surface area contributed by atoms with Crippen molar-refractivity contribution < 1.29 is 14.6 Å². The fraction of sp³-hybridized carbons (Fsp3) is 0.538. The average Bonchev–Trinajstić information content (AvgIpc) is 2.27. The zero-order valence-electron chi connectivity index (χ0n) is 10.1. The molecule has 3 heteroatoms. The van der Waals surface area contributed by atoms with E-state index in [2.05, 4.69) is 0 Å². The highest BCUT2D eigenvalue weighted by atomic mass is 16.5. The molecular formula is C13H20O3. The van der Waals surface area contributed by atoms with Crippen molar-refractivity contribution in [2.24, 2.45) is 0 Å². The minimum absolute atomic E-state index is 0.0711. The van der Waals surface area contributed by atoms with Gasteiger partial charge in [0.05, 0.1) is 6.10 Å². The lowest BCUT2D eigenvalue weighted by Crippen LogP contribution is -2.22. The molecule has 0 aliphatic heterocycles. The van der Waals surface area contributed by atoms with Crippen LogP contribution in [0.3, 0.4) is 0 Å². The number of hydrogen-bond acceptors (Lipinski definition) is 3. The Morgan fingerprint density at radius 3 is 2.31 bits per heavy atom. The maximum atomic E-state index is 9.79. The summed E-state index contributed by atoms with van der Waals surface area (Å²) in [6, 6.07) is 7.22. The Morgan fingerprint density at radius 1 is 1.12 bits per heavy atom. The summed E-state index contributed by atoms with van der Waals surface area (Å²) in [7, 11) is 0. The van der Waals surface area contributed by atoms with Gasteiger partial charge in [0.2, 0.25) is 0 Å². The highest BCUT2D eigenvalue weighted by molar-refractivity contribution is 5.34. The van der Waals surface area contributed by atoms with Gasteiger partial charge in [0.1, 0.15) is 11.9 Å². The molecule has 1 rings (SSSR count). The average molecular weight is 224 g/mol. The minimum Gasteiger partial charge on any atom is -0.508 e. The van der Waals surface area contributed by atoms with Gasteiger partial charge in [0.25, 0.3) is 0 Å². The van der Waals surface area contributed by atoms with Crippen molar-refractivity contribution in [1.82, 2.24) is 0 Å². The second-order valence-electron chi connectivity index (χ2n) is 3.60. The first-order valence-electron chi connectivity index (χ1n) is 5.71. The smallest absolute Gasteiger partial charge is 0.121 e. The number of benzene rings is 1. The lowest BCUT2D eigenvalue weighted by Gasteiger charge is -2.24. The summed E-state index contributed by atoms with van der Waals surface area (Å²) < 4.78 is 11.2. The van der Waals surface area contributed by atoms with E-state index in [4.69, 9.17) is 9.47 Å². The topological polar surface area (TPSA) is 38.7 Å². The summed E-state index contributed by atoms with van der Waals surface area (Å²) in [5, 5.41) is 9.79. The summed E-state index contributed by atoms with van der Waals surface area (Å²) in [5.41, 5.74) is 0.783. The molecule has 0 fully saturated rings. The summed E-state index contributed by atoms with van der Waals surface area (Å²) >= 11 is 0. The van der Waals surface area contributed by atoms with Crippen LogP contribution in [0.15, 0.2) is 24.3 Å². The third-order valence-corrected chi connectivity index (χ3v) is 2.45. The van der Waals surface area contributed by atoms with Crippen LogP contribution in [-0.2, 0) is 9.47 Å². The predicted molar refractivity (Wildman–Crippen MR) is 63.6 cm³/mol. The Bertz CT molecular complexity index is 312. The Labute approximate surface area is 97.0 Å². The SMILES string of the molecule is CCO[C@@H](C)[C@@H](OCC)c1ccccc1O. The van der Waals surface area contributed by atoms with Gasteiger partial charge < -0.3 is 14.6 Å². The molecule has 1 aromatic rings. The molecule has 0 saturated heterocycles. The van der Waals surface area contributed by atoms with Crippen LogP contribution in [0.4, 0.5) is 0 Å². The van der Waals surface area contributed by atoms with Gasteiger partial charge in [-0.15, -0.1) is 0 Å². The molecule has 0 aliphatic carbocycles. The number of hydrogen-bond donors (Lipinski definition) is 1. The quantitative estimate of drug-likeness (QED) is 0.807. The second kappa shape index (κ2) is 6.51. The molecule has 0 saturated carbocycles. The van der Waals surface area contributed by atoms with Gasteiger partial charge in [-0.3, -0.25) is 0 Å². The van der Waals surface area contributed by atoms with Gasteiger partial charge in [0.15, 0.2) is 0 Å². The zero-order valence-corrected chi connectivity index (χ0v) is 10.1. The molecule has 16 heavy (non-hydrogen) atoms. The van der Waals surface area contributed by atoms with Gasteiger partial charge >= 0.3 is 0 Å². The Morgan fingerprint density at radius 2 is 1.75 bits per heavy atom. The summed E-state index contributed by atoms with van der Waals surface area (Å²) in [4.78, 5) is 0. The summed E-state index contributed by atoms with van der Waals surface area (Å²) in [5.74, 6) is 0.257. The van der Waals surface area contributed by atoms with E-state index in [-0.39, 0.29) is 18.0 Å². The van der Waals surface area contributed by atoms with Crippen molar-refractivity contribution in [3.8, 4) is 5.75 Å². The number of phenols is 1. The molecule has 1 N–H and O–H groups in total. The van der Waals surface area contributed by atoms with E-state index >= 15 is 0 Å². The largest absolute Gasteiger partial charge is 0.508 e. The molecule has 0 heterocycles. The predicted octanol–water partition coefficient (Wildman–Crippen LogP) is 2.89. The van der Waals surface area contributed by atoms with Crippen LogP contribution in [0, 0.1) is 0 Å². The molecule has 90 valence electrons. The Balaban J connectivity index is 2.88. The number of ether oxygens (including phenoxy) is 2. The molecule has 0 aromatic heterocycles.